The number of ether oxygens (including phenoxy) is 1. The number of hydrogen-bond donors (Lipinski definition) is 0. The second-order valence-electron chi connectivity index (χ2n) is 3.42. The highest BCUT2D eigenvalue weighted by Crippen LogP contribution is 2.24. The van der Waals surface area contributed by atoms with E-state index in [2.05, 4.69) is 4.74 Å². The van der Waals surface area contributed by atoms with Crippen LogP contribution in [0.1, 0.15) is 12.0 Å². The number of hydrogen-bond acceptors (Lipinski definition) is 5. The van der Waals surface area contributed by atoms with E-state index in [0.717, 1.165) is 0 Å². The Morgan fingerprint density at radius 3 is 2.59 bits per heavy atom. The summed E-state index contributed by atoms with van der Waals surface area (Å²) in [4.78, 5) is 32.2. The van der Waals surface area contributed by atoms with E-state index < -0.39 is 16.9 Å². The third-order valence-corrected chi connectivity index (χ3v) is 2.27. The van der Waals surface area contributed by atoms with Crippen molar-refractivity contribution in [2.24, 2.45) is 0 Å². The molecule has 6 heteroatoms. The van der Waals surface area contributed by atoms with Crippen molar-refractivity contribution < 1.29 is 19.2 Å². The number of carbonyl (C=O) groups excluding carboxylic acids is 2. The number of esters is 2. The summed E-state index contributed by atoms with van der Waals surface area (Å²) in [6.07, 6.45) is 1.16. The molecular weight excluding hydrogens is 226 g/mol. The molecule has 86 valence electrons. The zero-order chi connectivity index (χ0) is 12.4. The second-order valence-corrected chi connectivity index (χ2v) is 3.42. The highest BCUT2D eigenvalue weighted by molar-refractivity contribution is 6.08. The molecule has 1 heterocycles. The minimum Gasteiger partial charge on any atom is -0.389 e. The molecule has 17 heavy (non-hydrogen) atoms. The van der Waals surface area contributed by atoms with Crippen LogP contribution in [0.5, 0.6) is 0 Å². The van der Waals surface area contributed by atoms with Crippen LogP contribution in [-0.4, -0.2) is 16.9 Å². The van der Waals surface area contributed by atoms with Crippen LogP contribution in [0.25, 0.3) is 6.08 Å². The van der Waals surface area contributed by atoms with Gasteiger partial charge in [-0.05, 0) is 12.1 Å². The Kier molecular flexibility index (Phi) is 2.70. The molecular formula is C11H7NO5. The third-order valence-electron chi connectivity index (χ3n) is 2.27. The highest BCUT2D eigenvalue weighted by Gasteiger charge is 2.27. The largest absolute Gasteiger partial charge is 0.389 e. The maximum atomic E-state index is 11.2. The molecule has 0 amide bonds. The fraction of sp³-hybridized carbons (Fsp3) is 0.0909. The number of rotatable bonds is 2. The van der Waals surface area contributed by atoms with E-state index in [4.69, 9.17) is 0 Å². The number of nitro groups is 1. The number of nitro benzene ring substituents is 1. The molecule has 0 bridgehead atoms. The zero-order valence-corrected chi connectivity index (χ0v) is 8.58. The van der Waals surface area contributed by atoms with Gasteiger partial charge in [0.1, 0.15) is 0 Å². The maximum Gasteiger partial charge on any atom is 0.342 e. The molecule has 0 aromatic heterocycles. The topological polar surface area (TPSA) is 86.5 Å². The first-order valence-electron chi connectivity index (χ1n) is 4.77. The average Bonchev–Trinajstić information content (AvgIpc) is 2.58. The monoisotopic (exact) mass is 233 g/mol. The van der Waals surface area contributed by atoms with E-state index in [-0.39, 0.29) is 23.2 Å². The molecule has 6 nitrogen and oxygen atoms in total. The Morgan fingerprint density at radius 1 is 1.29 bits per heavy atom. The fourth-order valence-corrected chi connectivity index (χ4v) is 1.51. The average molecular weight is 233 g/mol. The van der Waals surface area contributed by atoms with Gasteiger partial charge in [-0.2, -0.15) is 0 Å². The highest BCUT2D eigenvalue weighted by atomic mass is 16.6. The van der Waals surface area contributed by atoms with Gasteiger partial charge in [-0.25, -0.2) is 4.79 Å². The van der Waals surface area contributed by atoms with Crippen LogP contribution in [0.15, 0.2) is 29.8 Å². The normalized spacial score (nSPS) is 17.3. The Labute approximate surface area is 95.7 Å². The van der Waals surface area contributed by atoms with Crippen LogP contribution >= 0.6 is 0 Å². The zero-order valence-electron chi connectivity index (χ0n) is 8.58. The van der Waals surface area contributed by atoms with Crippen molar-refractivity contribution in [2.75, 3.05) is 0 Å². The maximum absolute atomic E-state index is 11.2. The summed E-state index contributed by atoms with van der Waals surface area (Å²) < 4.78 is 4.33. The van der Waals surface area contributed by atoms with E-state index in [0.29, 0.717) is 0 Å². The van der Waals surface area contributed by atoms with Crippen LogP contribution in [0.3, 0.4) is 0 Å². The van der Waals surface area contributed by atoms with Crippen molar-refractivity contribution in [3.8, 4) is 0 Å². The lowest BCUT2D eigenvalue weighted by Gasteiger charge is -1.97. The van der Waals surface area contributed by atoms with E-state index in [1.165, 1.54) is 24.3 Å². The number of para-hydroxylation sites is 1. The predicted octanol–water partition coefficient (Wildman–Crippen LogP) is 1.45. The number of nitrogens with zero attached hydrogens (tertiary/aromatic N) is 1. The van der Waals surface area contributed by atoms with E-state index in [1.54, 1.807) is 6.07 Å². The van der Waals surface area contributed by atoms with Gasteiger partial charge in [-0.1, -0.05) is 12.1 Å². The quantitative estimate of drug-likeness (QED) is 0.253. The first kappa shape index (κ1) is 11.0. The Morgan fingerprint density at radius 2 is 2.00 bits per heavy atom. The van der Waals surface area contributed by atoms with Crippen molar-refractivity contribution in [2.45, 2.75) is 6.42 Å². The van der Waals surface area contributed by atoms with Gasteiger partial charge < -0.3 is 4.74 Å². The summed E-state index contributed by atoms with van der Waals surface area (Å²) >= 11 is 0. The van der Waals surface area contributed by atoms with Crippen molar-refractivity contribution in [1.29, 1.82) is 0 Å². The Bertz CT molecular complexity index is 547. The number of benzene rings is 1. The molecule has 0 saturated carbocycles. The number of carbonyl (C=O) groups is 2. The summed E-state index contributed by atoms with van der Waals surface area (Å²) in [5, 5.41) is 10.7. The summed E-state index contributed by atoms with van der Waals surface area (Å²) in [5.74, 6) is -1.38. The van der Waals surface area contributed by atoms with Crippen molar-refractivity contribution in [1.82, 2.24) is 0 Å². The molecule has 1 aliphatic rings. The predicted molar refractivity (Wildman–Crippen MR) is 56.8 cm³/mol. The standard InChI is InChI=1S/C11H7NO5/c13-10-6-8(11(14)17-10)5-7-3-1-2-4-9(7)12(15)16/h1-5H,6H2. The van der Waals surface area contributed by atoms with Crippen LogP contribution < -0.4 is 0 Å². The van der Waals surface area contributed by atoms with Crippen LogP contribution in [0.4, 0.5) is 5.69 Å². The molecule has 0 unspecified atom stereocenters. The van der Waals surface area contributed by atoms with Gasteiger partial charge in [0.05, 0.1) is 16.9 Å². The first-order valence-corrected chi connectivity index (χ1v) is 4.77. The van der Waals surface area contributed by atoms with Gasteiger partial charge >= 0.3 is 11.9 Å². The van der Waals surface area contributed by atoms with Crippen LogP contribution in [0.2, 0.25) is 0 Å². The molecule has 0 aliphatic carbocycles. The fourth-order valence-electron chi connectivity index (χ4n) is 1.51. The van der Waals surface area contributed by atoms with E-state index >= 15 is 0 Å². The van der Waals surface area contributed by atoms with Crippen molar-refractivity contribution >= 4 is 23.7 Å². The Balaban J connectivity index is 2.42. The summed E-state index contributed by atoms with van der Waals surface area (Å²) in [6.45, 7) is 0. The SMILES string of the molecule is O=C1CC(=Cc2ccccc2[N+](=O)[O-])C(=O)O1. The van der Waals surface area contributed by atoms with E-state index in [9.17, 15) is 19.7 Å². The third kappa shape index (κ3) is 2.20. The van der Waals surface area contributed by atoms with Gasteiger partial charge in [0.25, 0.3) is 5.69 Å². The van der Waals surface area contributed by atoms with Gasteiger partial charge in [-0.15, -0.1) is 0 Å². The Hall–Kier alpha value is -2.50. The summed E-state index contributed by atoms with van der Waals surface area (Å²) in [5.41, 5.74) is 0.288. The lowest BCUT2D eigenvalue weighted by Crippen LogP contribution is -1.97. The molecule has 1 saturated heterocycles. The molecule has 0 spiro atoms. The summed E-state index contributed by atoms with van der Waals surface area (Å²) in [6, 6.07) is 5.97. The van der Waals surface area contributed by atoms with Crippen molar-refractivity contribution in [3.05, 3.63) is 45.5 Å². The molecule has 1 fully saturated rings. The molecule has 0 radical (unpaired) electrons. The lowest BCUT2D eigenvalue weighted by molar-refractivity contribution is -0.385. The van der Waals surface area contributed by atoms with Gasteiger partial charge in [0.15, 0.2) is 0 Å². The number of cyclic esters (lactones) is 2. The molecule has 0 N–H and O–H groups in total. The van der Waals surface area contributed by atoms with Gasteiger partial charge in [0.2, 0.25) is 0 Å². The van der Waals surface area contributed by atoms with Crippen LogP contribution in [-0.2, 0) is 14.3 Å². The molecule has 1 aliphatic heterocycles. The molecule has 2 rings (SSSR count). The van der Waals surface area contributed by atoms with Gasteiger partial charge in [-0.3, -0.25) is 14.9 Å². The molecule has 1 aromatic carbocycles. The minimum atomic E-state index is -0.742. The van der Waals surface area contributed by atoms with Crippen LogP contribution in [0, 0.1) is 10.1 Å². The van der Waals surface area contributed by atoms with E-state index in [1.807, 2.05) is 0 Å². The smallest absolute Gasteiger partial charge is 0.342 e. The first-order chi connectivity index (χ1) is 8.08. The molecule has 0 atom stereocenters. The van der Waals surface area contributed by atoms with Gasteiger partial charge in [0, 0.05) is 11.6 Å². The second kappa shape index (κ2) is 4.17. The molecule has 1 aromatic rings. The minimum absolute atomic E-state index is 0.118. The summed E-state index contributed by atoms with van der Waals surface area (Å²) in [7, 11) is 0. The lowest BCUT2D eigenvalue weighted by atomic mass is 10.1. The van der Waals surface area contributed by atoms with Crippen molar-refractivity contribution in [3.63, 3.8) is 0 Å².